The topological polar surface area (TPSA) is 110 Å². The third-order valence-corrected chi connectivity index (χ3v) is 6.23. The number of benzene rings is 1. The van der Waals surface area contributed by atoms with Crippen LogP contribution in [0.3, 0.4) is 0 Å². The number of nitriles is 1. The number of nitrogens with two attached hydrogens (primary N) is 1. The largest absolute Gasteiger partial charge is 0.493 e. The van der Waals surface area contributed by atoms with Crippen LogP contribution in [-0.4, -0.2) is 52.1 Å². The SMILES string of the molecule is CN1CCC(CCOc2ccc(-c3nc(C#N)nc4c3ccn4CC(N)=O)cc2C(F)(F)F)CC1. The maximum atomic E-state index is 13.9. The van der Waals surface area contributed by atoms with Gasteiger partial charge in [0.15, 0.2) is 0 Å². The maximum absolute atomic E-state index is 13.9. The number of primary amides is 1. The Hall–Kier alpha value is -3.65. The zero-order chi connectivity index (χ0) is 25.2. The van der Waals surface area contributed by atoms with Crippen molar-refractivity contribution in [2.24, 2.45) is 11.7 Å². The fraction of sp³-hybridized carbons (Fsp3) is 0.417. The number of nitrogens with zero attached hydrogens (tertiary/aromatic N) is 5. The van der Waals surface area contributed by atoms with E-state index in [1.165, 1.54) is 22.9 Å². The summed E-state index contributed by atoms with van der Waals surface area (Å²) in [5.74, 6) is -0.666. The number of carbonyl (C=O) groups is 1. The first-order chi connectivity index (χ1) is 16.7. The quantitative estimate of drug-likeness (QED) is 0.547. The number of hydrogen-bond acceptors (Lipinski definition) is 6. The van der Waals surface area contributed by atoms with E-state index >= 15 is 0 Å². The highest BCUT2D eigenvalue weighted by atomic mass is 19.4. The highest BCUT2D eigenvalue weighted by molar-refractivity contribution is 5.92. The summed E-state index contributed by atoms with van der Waals surface area (Å²) in [6.45, 7) is 1.96. The molecular formula is C24H25F3N6O2. The van der Waals surface area contributed by atoms with Crippen molar-refractivity contribution in [1.82, 2.24) is 19.4 Å². The first kappa shape index (κ1) is 24.5. The average Bonchev–Trinajstić information content (AvgIpc) is 3.21. The van der Waals surface area contributed by atoms with Crippen LogP contribution in [0.2, 0.25) is 0 Å². The molecule has 11 heteroatoms. The number of rotatable bonds is 7. The molecule has 0 unspecified atom stereocenters. The van der Waals surface area contributed by atoms with Gasteiger partial charge in [0, 0.05) is 17.1 Å². The number of carbonyl (C=O) groups excluding carboxylic acids is 1. The van der Waals surface area contributed by atoms with Gasteiger partial charge in [0.05, 0.1) is 17.9 Å². The Balaban J connectivity index is 1.65. The van der Waals surface area contributed by atoms with E-state index in [1.54, 1.807) is 6.07 Å². The minimum absolute atomic E-state index is 0.151. The first-order valence-corrected chi connectivity index (χ1v) is 11.2. The van der Waals surface area contributed by atoms with Gasteiger partial charge in [-0.2, -0.15) is 18.4 Å². The van der Waals surface area contributed by atoms with Crippen molar-refractivity contribution >= 4 is 16.9 Å². The van der Waals surface area contributed by atoms with Gasteiger partial charge in [0.25, 0.3) is 0 Å². The van der Waals surface area contributed by atoms with Crippen LogP contribution in [0, 0.1) is 17.2 Å². The smallest absolute Gasteiger partial charge is 0.419 e. The first-order valence-electron chi connectivity index (χ1n) is 11.2. The minimum atomic E-state index is -4.65. The van der Waals surface area contributed by atoms with Gasteiger partial charge in [-0.15, -0.1) is 0 Å². The summed E-state index contributed by atoms with van der Waals surface area (Å²) in [6, 6.07) is 7.13. The van der Waals surface area contributed by atoms with Gasteiger partial charge in [-0.1, -0.05) is 0 Å². The molecule has 35 heavy (non-hydrogen) atoms. The molecule has 0 saturated carbocycles. The van der Waals surface area contributed by atoms with Crippen LogP contribution in [0.25, 0.3) is 22.3 Å². The number of ether oxygens (including phenoxy) is 1. The number of fused-ring (bicyclic) bond motifs is 1. The van der Waals surface area contributed by atoms with Crippen LogP contribution in [0.5, 0.6) is 5.75 Å². The molecule has 1 fully saturated rings. The van der Waals surface area contributed by atoms with Gasteiger partial charge in [-0.3, -0.25) is 4.79 Å². The Bertz CT molecular complexity index is 1270. The molecular weight excluding hydrogens is 461 g/mol. The van der Waals surface area contributed by atoms with Gasteiger partial charge in [-0.25, -0.2) is 9.97 Å². The molecule has 2 N–H and O–H groups in total. The summed E-state index contributed by atoms with van der Waals surface area (Å²) in [5.41, 5.74) is 4.88. The number of alkyl halides is 3. The van der Waals surface area contributed by atoms with E-state index in [-0.39, 0.29) is 41.6 Å². The predicted molar refractivity (Wildman–Crippen MR) is 122 cm³/mol. The standard InChI is InChI=1S/C24H25F3N6O2/c1-32-8-4-15(5-9-32)7-11-35-19-3-2-16(12-18(19)24(25,26)27)22-17-6-10-33(14-20(29)34)23(17)31-21(13-28)30-22/h2-3,6,10,12,15H,4-5,7-9,11,14H2,1H3,(H2,29,34). The molecule has 3 aromatic rings. The Morgan fingerprint density at radius 1 is 1.26 bits per heavy atom. The molecule has 1 amide bonds. The van der Waals surface area contributed by atoms with Gasteiger partial charge in [0.2, 0.25) is 11.7 Å². The van der Waals surface area contributed by atoms with E-state index in [0.29, 0.717) is 17.7 Å². The maximum Gasteiger partial charge on any atom is 0.419 e. The number of likely N-dealkylation sites (tertiary alicyclic amines) is 1. The van der Waals surface area contributed by atoms with Crippen molar-refractivity contribution in [3.63, 3.8) is 0 Å². The number of aromatic nitrogens is 3. The molecule has 1 aliphatic heterocycles. The summed E-state index contributed by atoms with van der Waals surface area (Å²) in [7, 11) is 2.06. The molecule has 1 aliphatic rings. The molecule has 3 heterocycles. The second-order valence-electron chi connectivity index (χ2n) is 8.75. The molecule has 184 valence electrons. The van der Waals surface area contributed by atoms with Crippen LogP contribution in [0.15, 0.2) is 30.5 Å². The van der Waals surface area contributed by atoms with Crippen LogP contribution >= 0.6 is 0 Å². The molecule has 0 aliphatic carbocycles. The molecule has 4 rings (SSSR count). The van der Waals surface area contributed by atoms with Crippen LogP contribution in [-0.2, 0) is 17.5 Å². The van der Waals surface area contributed by atoms with Crippen molar-refractivity contribution in [3.05, 3.63) is 41.9 Å². The van der Waals surface area contributed by atoms with Crippen LogP contribution in [0.4, 0.5) is 13.2 Å². The lowest BCUT2D eigenvalue weighted by Gasteiger charge is -2.28. The van der Waals surface area contributed by atoms with Crippen molar-refractivity contribution in [2.45, 2.75) is 32.0 Å². The molecule has 0 bridgehead atoms. The summed E-state index contributed by atoms with van der Waals surface area (Å²) in [6.07, 6.45) is -0.421. The minimum Gasteiger partial charge on any atom is -0.493 e. The zero-order valence-electron chi connectivity index (χ0n) is 19.2. The third-order valence-electron chi connectivity index (χ3n) is 6.23. The van der Waals surface area contributed by atoms with Gasteiger partial charge >= 0.3 is 6.18 Å². The van der Waals surface area contributed by atoms with Crippen molar-refractivity contribution < 1.29 is 22.7 Å². The van der Waals surface area contributed by atoms with Crippen LogP contribution < -0.4 is 10.5 Å². The number of halogens is 3. The molecule has 0 spiro atoms. The fourth-order valence-corrected chi connectivity index (χ4v) is 4.34. The Morgan fingerprint density at radius 2 is 2.00 bits per heavy atom. The van der Waals surface area contributed by atoms with Crippen molar-refractivity contribution in [3.8, 4) is 23.1 Å². The van der Waals surface area contributed by atoms with E-state index in [2.05, 4.69) is 21.9 Å². The molecule has 0 radical (unpaired) electrons. The summed E-state index contributed by atoms with van der Waals surface area (Å²) in [5, 5.41) is 9.74. The lowest BCUT2D eigenvalue weighted by atomic mass is 9.94. The summed E-state index contributed by atoms with van der Waals surface area (Å²) < 4.78 is 48.9. The highest BCUT2D eigenvalue weighted by Gasteiger charge is 2.35. The third kappa shape index (κ3) is 5.54. The van der Waals surface area contributed by atoms with E-state index in [0.717, 1.165) is 32.0 Å². The van der Waals surface area contributed by atoms with Crippen molar-refractivity contribution in [2.75, 3.05) is 26.7 Å². The highest BCUT2D eigenvalue weighted by Crippen LogP contribution is 2.40. The molecule has 2 aromatic heterocycles. The normalized spacial score (nSPS) is 15.3. The monoisotopic (exact) mass is 486 g/mol. The summed E-state index contributed by atoms with van der Waals surface area (Å²) >= 11 is 0. The zero-order valence-corrected chi connectivity index (χ0v) is 19.2. The van der Waals surface area contributed by atoms with E-state index in [9.17, 15) is 23.2 Å². The van der Waals surface area contributed by atoms with E-state index in [1.807, 2.05) is 6.07 Å². The lowest BCUT2D eigenvalue weighted by Crippen LogP contribution is -2.30. The van der Waals surface area contributed by atoms with Gasteiger partial charge in [-0.05, 0) is 69.6 Å². The average molecular weight is 486 g/mol. The molecule has 1 saturated heterocycles. The molecule has 0 atom stereocenters. The number of hydrogen-bond donors (Lipinski definition) is 1. The van der Waals surface area contributed by atoms with E-state index in [4.69, 9.17) is 10.5 Å². The van der Waals surface area contributed by atoms with Gasteiger partial charge in [0.1, 0.15) is 24.0 Å². The lowest BCUT2D eigenvalue weighted by molar-refractivity contribution is -0.139. The van der Waals surface area contributed by atoms with Crippen molar-refractivity contribution in [1.29, 1.82) is 5.26 Å². The van der Waals surface area contributed by atoms with E-state index < -0.39 is 17.6 Å². The Labute approximate surface area is 200 Å². The van der Waals surface area contributed by atoms with Gasteiger partial charge < -0.3 is 19.9 Å². The Kier molecular flexibility index (Phi) is 6.93. The fourth-order valence-electron chi connectivity index (χ4n) is 4.34. The number of amides is 1. The molecule has 8 nitrogen and oxygen atoms in total. The summed E-state index contributed by atoms with van der Waals surface area (Å²) in [4.78, 5) is 21.9. The van der Waals surface area contributed by atoms with Crippen LogP contribution in [0.1, 0.15) is 30.7 Å². The second kappa shape index (κ2) is 9.92. The number of piperidine rings is 1. The Morgan fingerprint density at radius 3 is 2.66 bits per heavy atom. The predicted octanol–water partition coefficient (Wildman–Crippen LogP) is 3.58. The molecule has 1 aromatic carbocycles. The second-order valence-corrected chi connectivity index (χ2v) is 8.75.